The van der Waals surface area contributed by atoms with E-state index >= 15 is 0 Å². The Morgan fingerprint density at radius 2 is 1.50 bits per heavy atom. The first kappa shape index (κ1) is 19.8. The fourth-order valence-corrected chi connectivity index (χ4v) is 3.64. The number of nitrogens with one attached hydrogen (secondary N) is 1. The Hall–Kier alpha value is -0.240. The molecule has 1 saturated heterocycles. The van der Waals surface area contributed by atoms with E-state index in [4.69, 9.17) is 10.2 Å². The van der Waals surface area contributed by atoms with Crippen molar-refractivity contribution in [3.63, 3.8) is 0 Å². The van der Waals surface area contributed by atoms with Gasteiger partial charge in [-0.3, -0.25) is 4.90 Å². The topological polar surface area (TPSA) is 79.2 Å². The molecule has 22 heavy (non-hydrogen) atoms. The number of hydroxylamine groups is 2. The lowest BCUT2D eigenvalue weighted by Crippen LogP contribution is -2.62. The number of rotatable bonds is 9. The molecule has 0 spiro atoms. The maximum Gasteiger partial charge on any atom is 0.0558 e. The van der Waals surface area contributed by atoms with Gasteiger partial charge in [-0.1, -0.05) is 0 Å². The fourth-order valence-electron chi connectivity index (χ4n) is 3.64. The van der Waals surface area contributed by atoms with Crippen LogP contribution in [0.15, 0.2) is 0 Å². The summed E-state index contributed by atoms with van der Waals surface area (Å²) >= 11 is 0. The summed E-state index contributed by atoms with van der Waals surface area (Å²) < 4.78 is 0. The van der Waals surface area contributed by atoms with Gasteiger partial charge in [-0.15, -0.1) is 0 Å². The Kier molecular flexibility index (Phi) is 7.71. The summed E-state index contributed by atoms with van der Waals surface area (Å²) in [4.78, 5) is 2.08. The molecule has 1 fully saturated rings. The SMILES string of the molecule is CC1(C)CC(NCCCN(CCO)CCO)CC(C)(C)N1O. The van der Waals surface area contributed by atoms with Crippen LogP contribution < -0.4 is 5.32 Å². The molecule has 0 atom stereocenters. The maximum absolute atomic E-state index is 10.3. The second-order valence-electron chi connectivity index (χ2n) is 7.64. The lowest BCUT2D eigenvalue weighted by molar-refractivity contribution is -0.246. The molecule has 0 saturated carbocycles. The molecule has 4 N–H and O–H groups in total. The van der Waals surface area contributed by atoms with Crippen LogP contribution in [0.5, 0.6) is 0 Å². The van der Waals surface area contributed by atoms with Crippen molar-refractivity contribution >= 4 is 0 Å². The number of aliphatic hydroxyl groups excluding tert-OH is 2. The van der Waals surface area contributed by atoms with Crippen molar-refractivity contribution in [3.05, 3.63) is 0 Å². The summed E-state index contributed by atoms with van der Waals surface area (Å²) in [5.74, 6) is 0. The van der Waals surface area contributed by atoms with E-state index < -0.39 is 0 Å². The minimum atomic E-state index is -0.223. The molecule has 132 valence electrons. The molecule has 0 amide bonds. The highest BCUT2D eigenvalue weighted by molar-refractivity contribution is 4.98. The minimum Gasteiger partial charge on any atom is -0.395 e. The third-order valence-electron chi connectivity index (χ3n) is 4.56. The number of hydrogen-bond donors (Lipinski definition) is 4. The summed E-state index contributed by atoms with van der Waals surface area (Å²) in [6.07, 6.45) is 2.83. The van der Waals surface area contributed by atoms with Gasteiger partial charge in [0.15, 0.2) is 0 Å². The minimum absolute atomic E-state index is 0.130. The fraction of sp³-hybridized carbons (Fsp3) is 1.00. The van der Waals surface area contributed by atoms with Crippen LogP contribution in [0.4, 0.5) is 0 Å². The Bertz CT molecular complexity index is 300. The molecule has 0 aromatic heterocycles. The highest BCUT2D eigenvalue weighted by atomic mass is 16.5. The average molecular weight is 317 g/mol. The molecule has 0 aromatic rings. The molecular weight excluding hydrogens is 282 g/mol. The average Bonchev–Trinajstić information content (AvgIpc) is 2.41. The van der Waals surface area contributed by atoms with Crippen LogP contribution in [0.1, 0.15) is 47.0 Å². The van der Waals surface area contributed by atoms with Crippen molar-refractivity contribution in [3.8, 4) is 0 Å². The van der Waals surface area contributed by atoms with Crippen molar-refractivity contribution < 1.29 is 15.4 Å². The molecule has 0 unspecified atom stereocenters. The first-order chi connectivity index (χ1) is 10.2. The maximum atomic E-state index is 10.3. The van der Waals surface area contributed by atoms with Gasteiger partial charge in [-0.2, -0.15) is 5.06 Å². The van der Waals surface area contributed by atoms with Crippen molar-refractivity contribution in [1.29, 1.82) is 0 Å². The zero-order valence-electron chi connectivity index (χ0n) is 14.7. The van der Waals surface area contributed by atoms with Crippen LogP contribution in [0.2, 0.25) is 0 Å². The molecule has 0 bridgehead atoms. The van der Waals surface area contributed by atoms with Gasteiger partial charge in [0.1, 0.15) is 0 Å². The van der Waals surface area contributed by atoms with E-state index in [1.807, 2.05) is 0 Å². The Morgan fingerprint density at radius 3 is 1.95 bits per heavy atom. The summed E-state index contributed by atoms with van der Waals surface area (Å²) in [6, 6.07) is 0.400. The summed E-state index contributed by atoms with van der Waals surface area (Å²) in [6.45, 7) is 11.6. The number of aliphatic hydroxyl groups is 2. The first-order valence-corrected chi connectivity index (χ1v) is 8.39. The molecule has 0 radical (unpaired) electrons. The molecule has 1 rings (SSSR count). The van der Waals surface area contributed by atoms with Crippen molar-refractivity contribution in [2.75, 3.05) is 39.4 Å². The zero-order chi connectivity index (χ0) is 16.8. The van der Waals surface area contributed by atoms with Gasteiger partial charge < -0.3 is 20.7 Å². The van der Waals surface area contributed by atoms with Gasteiger partial charge >= 0.3 is 0 Å². The molecule has 1 aliphatic heterocycles. The lowest BCUT2D eigenvalue weighted by atomic mass is 9.79. The highest BCUT2D eigenvalue weighted by Gasteiger charge is 2.44. The quantitative estimate of drug-likeness (QED) is 0.468. The molecule has 6 heteroatoms. The van der Waals surface area contributed by atoms with E-state index in [9.17, 15) is 5.21 Å². The van der Waals surface area contributed by atoms with Crippen LogP contribution in [-0.2, 0) is 0 Å². The predicted molar refractivity (Wildman–Crippen MR) is 88.0 cm³/mol. The van der Waals surface area contributed by atoms with Gasteiger partial charge in [0.05, 0.1) is 13.2 Å². The second kappa shape index (κ2) is 8.57. The van der Waals surface area contributed by atoms with E-state index in [0.717, 1.165) is 32.4 Å². The van der Waals surface area contributed by atoms with Crippen LogP contribution in [0.25, 0.3) is 0 Å². The predicted octanol–water partition coefficient (Wildman–Crippen LogP) is 0.664. The van der Waals surface area contributed by atoms with Crippen LogP contribution in [0.3, 0.4) is 0 Å². The van der Waals surface area contributed by atoms with Gasteiger partial charge in [-0.25, -0.2) is 0 Å². The van der Waals surface area contributed by atoms with Gasteiger partial charge in [0.2, 0.25) is 0 Å². The number of piperidine rings is 1. The normalized spacial score (nSPS) is 22.4. The molecule has 0 aliphatic carbocycles. The third kappa shape index (κ3) is 5.76. The standard InChI is InChI=1S/C16H35N3O3/c1-15(2)12-14(13-16(3,4)19(15)22)17-6-5-7-18(8-10-20)9-11-21/h14,17,20-22H,5-13H2,1-4H3. The number of hydrogen-bond acceptors (Lipinski definition) is 6. The van der Waals surface area contributed by atoms with E-state index in [0.29, 0.717) is 19.1 Å². The van der Waals surface area contributed by atoms with Crippen molar-refractivity contribution in [2.24, 2.45) is 0 Å². The van der Waals surface area contributed by atoms with Crippen molar-refractivity contribution in [2.45, 2.75) is 64.1 Å². The second-order valence-corrected chi connectivity index (χ2v) is 7.64. The Labute approximate surface area is 135 Å². The van der Waals surface area contributed by atoms with E-state index in [2.05, 4.69) is 37.9 Å². The largest absolute Gasteiger partial charge is 0.395 e. The third-order valence-corrected chi connectivity index (χ3v) is 4.56. The van der Waals surface area contributed by atoms with Crippen LogP contribution >= 0.6 is 0 Å². The smallest absolute Gasteiger partial charge is 0.0558 e. The van der Waals surface area contributed by atoms with Gasteiger partial charge in [0, 0.05) is 30.2 Å². The lowest BCUT2D eigenvalue weighted by Gasteiger charge is -2.51. The molecule has 1 aliphatic rings. The van der Waals surface area contributed by atoms with Crippen LogP contribution in [0, 0.1) is 0 Å². The summed E-state index contributed by atoms with van der Waals surface area (Å²) in [5.41, 5.74) is -0.446. The van der Waals surface area contributed by atoms with Crippen LogP contribution in [-0.4, -0.2) is 81.9 Å². The van der Waals surface area contributed by atoms with Gasteiger partial charge in [-0.05, 0) is 60.0 Å². The van der Waals surface area contributed by atoms with E-state index in [-0.39, 0.29) is 24.3 Å². The molecular formula is C16H35N3O3. The summed E-state index contributed by atoms with van der Waals surface area (Å²) in [7, 11) is 0. The Balaban J connectivity index is 2.35. The molecule has 1 heterocycles. The first-order valence-electron chi connectivity index (χ1n) is 8.39. The van der Waals surface area contributed by atoms with Crippen molar-refractivity contribution in [1.82, 2.24) is 15.3 Å². The molecule has 0 aromatic carbocycles. The summed E-state index contributed by atoms with van der Waals surface area (Å²) in [5, 5.41) is 33.4. The van der Waals surface area contributed by atoms with E-state index in [1.54, 1.807) is 0 Å². The molecule has 6 nitrogen and oxygen atoms in total. The van der Waals surface area contributed by atoms with Gasteiger partial charge in [0.25, 0.3) is 0 Å². The van der Waals surface area contributed by atoms with E-state index in [1.165, 1.54) is 5.06 Å². The highest BCUT2D eigenvalue weighted by Crippen LogP contribution is 2.36. The Morgan fingerprint density at radius 1 is 1.00 bits per heavy atom. The zero-order valence-corrected chi connectivity index (χ0v) is 14.7. The monoisotopic (exact) mass is 317 g/mol. The number of nitrogens with zero attached hydrogens (tertiary/aromatic N) is 2.